The van der Waals surface area contributed by atoms with E-state index in [1.165, 1.54) is 19.5 Å². The quantitative estimate of drug-likeness (QED) is 0.640. The molecule has 5 unspecified atom stereocenters. The van der Waals surface area contributed by atoms with Crippen molar-refractivity contribution in [2.24, 2.45) is 23.7 Å². The molecule has 5 atom stereocenters. The van der Waals surface area contributed by atoms with E-state index < -0.39 is 5.60 Å². The maximum atomic E-state index is 11.2. The first-order valence-corrected chi connectivity index (χ1v) is 12.3. The van der Waals surface area contributed by atoms with Gasteiger partial charge in [-0.2, -0.15) is 0 Å². The van der Waals surface area contributed by atoms with Crippen LogP contribution >= 0.6 is 0 Å². The number of carbonyl (C=O) groups excluding carboxylic acids is 1. The molecule has 0 aromatic heterocycles. The van der Waals surface area contributed by atoms with Gasteiger partial charge >= 0.3 is 0 Å². The zero-order chi connectivity index (χ0) is 25.7. The summed E-state index contributed by atoms with van der Waals surface area (Å²) in [5, 5.41) is 9.95. The van der Waals surface area contributed by atoms with Gasteiger partial charge in [0.1, 0.15) is 0 Å². The van der Waals surface area contributed by atoms with E-state index in [9.17, 15) is 9.90 Å². The fourth-order valence-corrected chi connectivity index (χ4v) is 4.95. The van der Waals surface area contributed by atoms with Gasteiger partial charge in [0.2, 0.25) is 19.6 Å². The van der Waals surface area contributed by atoms with E-state index in [-0.39, 0.29) is 17.6 Å². The summed E-state index contributed by atoms with van der Waals surface area (Å²) in [6.07, 6.45) is 3.00. The van der Waals surface area contributed by atoms with Crippen LogP contribution in [0.4, 0.5) is 0 Å². The number of aliphatic hydroxyl groups is 1. The van der Waals surface area contributed by atoms with Gasteiger partial charge in [0, 0.05) is 19.0 Å². The molecule has 0 amide bonds. The Bertz CT molecular complexity index is 750. The van der Waals surface area contributed by atoms with Crippen molar-refractivity contribution in [1.82, 2.24) is 14.7 Å². The molecule has 1 N–H and O–H groups in total. The first kappa shape index (κ1) is 30.0. The lowest BCUT2D eigenvalue weighted by Crippen LogP contribution is -2.51. The van der Waals surface area contributed by atoms with Gasteiger partial charge in [-0.1, -0.05) is 6.92 Å². The van der Waals surface area contributed by atoms with E-state index in [0.717, 1.165) is 32.5 Å². The Kier molecular flexibility index (Phi) is 13.3. The third-order valence-electron chi connectivity index (χ3n) is 7.30. The number of β-amino-alcohol motifs (C(OH)–C–C–N with tert-alkyl or cyclic N) is 1. The third kappa shape index (κ3) is 10.5. The number of likely N-dealkylation sites (tertiary alicyclic amines) is 3. The van der Waals surface area contributed by atoms with E-state index in [4.69, 9.17) is 19.7 Å². The second-order valence-corrected chi connectivity index (χ2v) is 10.6. The summed E-state index contributed by atoms with van der Waals surface area (Å²) in [7, 11) is 6.10. The molecule has 3 aliphatic heterocycles. The second kappa shape index (κ2) is 15.1. The van der Waals surface area contributed by atoms with Gasteiger partial charge < -0.3 is 29.4 Å². The van der Waals surface area contributed by atoms with Crippen LogP contribution in [-0.2, 0) is 4.79 Å². The highest BCUT2D eigenvalue weighted by atomic mass is 16.3. The summed E-state index contributed by atoms with van der Waals surface area (Å²) in [5.41, 5.74) is -0.669. The number of likely N-dealkylation sites (N-methyl/N-ethyl adjacent to an activating group) is 2. The lowest BCUT2D eigenvalue weighted by Gasteiger charge is -2.39. The van der Waals surface area contributed by atoms with Gasteiger partial charge in [0.05, 0.1) is 24.0 Å². The molecule has 8 heteroatoms. The van der Waals surface area contributed by atoms with Crippen LogP contribution in [0, 0.1) is 43.4 Å². The smallest absolute Gasteiger partial charge is 0.224 e. The Labute approximate surface area is 207 Å². The molecule has 3 aliphatic rings. The monoisotopic (exact) mass is 472 g/mol. The average molecular weight is 473 g/mol. The van der Waals surface area contributed by atoms with Crippen molar-refractivity contribution in [1.29, 1.82) is 0 Å². The average Bonchev–Trinajstić information content (AvgIpc) is 2.75. The van der Waals surface area contributed by atoms with Gasteiger partial charge in [-0.05, 0) is 72.9 Å². The highest BCUT2D eigenvalue weighted by molar-refractivity contribution is 5.84. The predicted octanol–water partition coefficient (Wildman–Crippen LogP) is 2.53. The molecular formula is C26H44N6O2. The molecule has 34 heavy (non-hydrogen) atoms. The Hall–Kier alpha value is -2.02. The summed E-state index contributed by atoms with van der Waals surface area (Å²) in [6, 6.07) is 0. The van der Waals surface area contributed by atoms with Crippen molar-refractivity contribution >= 4 is 5.78 Å². The Morgan fingerprint density at radius 2 is 1.50 bits per heavy atom. The molecule has 0 aromatic rings. The second-order valence-electron chi connectivity index (χ2n) is 10.6. The molecule has 0 aromatic carbocycles. The van der Waals surface area contributed by atoms with Gasteiger partial charge in [0.25, 0.3) is 0 Å². The third-order valence-corrected chi connectivity index (χ3v) is 7.30. The number of ketones is 1. The minimum Gasteiger partial charge on any atom is -0.388 e. The molecule has 3 saturated heterocycles. The first-order valence-electron chi connectivity index (χ1n) is 12.3. The van der Waals surface area contributed by atoms with Gasteiger partial charge in [-0.15, -0.1) is 0 Å². The van der Waals surface area contributed by atoms with E-state index in [1.807, 2.05) is 25.9 Å². The molecule has 190 valence electrons. The highest BCUT2D eigenvalue weighted by Crippen LogP contribution is 2.26. The highest BCUT2D eigenvalue weighted by Gasteiger charge is 2.38. The van der Waals surface area contributed by atoms with Crippen molar-refractivity contribution in [3.8, 4) is 0 Å². The van der Waals surface area contributed by atoms with Crippen molar-refractivity contribution < 1.29 is 9.90 Å². The molecule has 0 radical (unpaired) electrons. The van der Waals surface area contributed by atoms with Crippen LogP contribution < -0.4 is 0 Å². The topological polar surface area (TPSA) is 60.1 Å². The van der Waals surface area contributed by atoms with Crippen molar-refractivity contribution in [2.75, 3.05) is 80.0 Å². The molecule has 0 spiro atoms. The van der Waals surface area contributed by atoms with E-state index >= 15 is 0 Å². The molecule has 3 rings (SSSR count). The zero-order valence-corrected chi connectivity index (χ0v) is 21.8. The lowest BCUT2D eigenvalue weighted by atomic mass is 9.83. The number of piperidine rings is 3. The summed E-state index contributed by atoms with van der Waals surface area (Å²) in [4.78, 5) is 27.7. The molecular weight excluding hydrogens is 428 g/mol. The summed E-state index contributed by atoms with van der Waals surface area (Å²) in [5.74, 6) is 1.77. The fraction of sp³-hybridized carbons (Fsp3) is 0.846. The summed E-state index contributed by atoms with van der Waals surface area (Å²) in [6.45, 7) is 31.4. The maximum Gasteiger partial charge on any atom is 0.224 e. The lowest BCUT2D eigenvalue weighted by molar-refractivity contribution is -0.125. The van der Waals surface area contributed by atoms with Crippen LogP contribution in [-0.4, -0.2) is 111 Å². The van der Waals surface area contributed by atoms with Crippen LogP contribution in [0.5, 0.6) is 0 Å². The summed E-state index contributed by atoms with van der Waals surface area (Å²) >= 11 is 0. The maximum absolute atomic E-state index is 11.2. The summed E-state index contributed by atoms with van der Waals surface area (Å²) < 4.78 is 0. The molecule has 0 aliphatic carbocycles. The van der Waals surface area contributed by atoms with Crippen LogP contribution in [0.25, 0.3) is 14.5 Å². The standard InChI is InChI=1S/C9H16N2O.C9H16N2.C8H12N2O/c1-9(12)7-11(3)5-4-8(9)6-10-2;1-8-7-11(3)5-4-9(8)6-10-2;1-9-5-7-3-4-10(2)6-8(7)11/h8,12H,4-7H2,1,3H3;8-9H,4-7H2,1,3H3;7H,3-6H2,2H3. The fourth-order valence-electron chi connectivity index (χ4n) is 4.95. The van der Waals surface area contributed by atoms with E-state index in [2.05, 4.69) is 38.3 Å². The Balaban J connectivity index is 0.000000255. The Morgan fingerprint density at radius 1 is 0.912 bits per heavy atom. The minimum atomic E-state index is -0.669. The van der Waals surface area contributed by atoms with Crippen molar-refractivity contribution in [3.63, 3.8) is 0 Å². The zero-order valence-electron chi connectivity index (χ0n) is 21.8. The number of rotatable bonds is 3. The van der Waals surface area contributed by atoms with Crippen molar-refractivity contribution in [2.45, 2.75) is 38.7 Å². The molecule has 3 fully saturated rings. The van der Waals surface area contributed by atoms with Gasteiger partial charge in [-0.25, -0.2) is 19.7 Å². The molecule has 0 saturated carbocycles. The number of nitrogens with zero attached hydrogens (tertiary/aromatic N) is 6. The van der Waals surface area contributed by atoms with Crippen LogP contribution in [0.1, 0.15) is 33.1 Å². The van der Waals surface area contributed by atoms with Crippen LogP contribution in [0.15, 0.2) is 0 Å². The number of hydrogen-bond acceptors (Lipinski definition) is 5. The first-order chi connectivity index (χ1) is 16.0. The van der Waals surface area contributed by atoms with Gasteiger partial charge in [-0.3, -0.25) is 9.69 Å². The van der Waals surface area contributed by atoms with Crippen molar-refractivity contribution in [3.05, 3.63) is 34.3 Å². The SMILES string of the molecule is [C-]#[N+]CC1CCN(C)CC1(C)O.[C-]#[N+]CC1CCN(C)CC1=O.[C-]#[N+]CC1CCN(C)CC1C. The molecule has 3 heterocycles. The van der Waals surface area contributed by atoms with E-state index in [0.29, 0.717) is 38.0 Å². The number of carbonyl (C=O) groups is 1. The molecule has 0 bridgehead atoms. The molecule has 8 nitrogen and oxygen atoms in total. The minimum absolute atomic E-state index is 0.0173. The van der Waals surface area contributed by atoms with Crippen LogP contribution in [0.3, 0.4) is 0 Å². The number of Topliss-reactive ketones (excluding diaryl/α,β-unsaturated/α-hetero) is 1. The predicted molar refractivity (Wildman–Crippen MR) is 136 cm³/mol. The Morgan fingerprint density at radius 3 is 2.03 bits per heavy atom. The van der Waals surface area contributed by atoms with E-state index in [1.54, 1.807) is 0 Å². The van der Waals surface area contributed by atoms with Gasteiger partial charge in [0.15, 0.2) is 5.78 Å². The largest absolute Gasteiger partial charge is 0.388 e. The van der Waals surface area contributed by atoms with Crippen LogP contribution in [0.2, 0.25) is 0 Å². The number of hydrogen-bond donors (Lipinski definition) is 1. The normalized spacial score (nSPS) is 32.6.